The number of rotatable bonds is 5. The molecule has 8 nitrogen and oxygen atoms in total. The molecule has 0 aliphatic rings. The molecule has 2 aromatic carbocycles. The van der Waals surface area contributed by atoms with Crippen LogP contribution in [0.4, 0.5) is 0 Å². The number of carbonyl (C=O) groups is 2. The molecule has 10 heteroatoms. The van der Waals surface area contributed by atoms with Crippen LogP contribution in [-0.2, 0) is 0 Å². The first kappa shape index (κ1) is 22.4. The Kier molecular flexibility index (Phi) is 7.80. The highest BCUT2D eigenvalue weighted by atomic mass is 79.9. The molecule has 0 spiro atoms. The number of thiocarbonyl (C=S) groups is 1. The van der Waals surface area contributed by atoms with E-state index in [9.17, 15) is 9.59 Å². The van der Waals surface area contributed by atoms with Gasteiger partial charge in [0.2, 0.25) is 5.75 Å². The zero-order chi connectivity index (χ0) is 21.6. The van der Waals surface area contributed by atoms with E-state index in [0.717, 1.165) is 10.0 Å². The van der Waals surface area contributed by atoms with E-state index in [-0.39, 0.29) is 10.7 Å². The third-order valence-corrected chi connectivity index (χ3v) is 4.94. The summed E-state index contributed by atoms with van der Waals surface area (Å²) in [6.45, 7) is 1.91. The topological polar surface area (TPSA) is 97.9 Å². The lowest BCUT2D eigenvalue weighted by atomic mass is 10.1. The first-order valence-corrected chi connectivity index (χ1v) is 9.48. The Morgan fingerprint density at radius 2 is 1.52 bits per heavy atom. The van der Waals surface area contributed by atoms with E-state index in [4.69, 9.17) is 26.4 Å². The molecule has 0 saturated heterocycles. The Bertz CT molecular complexity index is 926. The van der Waals surface area contributed by atoms with Crippen molar-refractivity contribution in [1.29, 1.82) is 0 Å². The van der Waals surface area contributed by atoms with Crippen molar-refractivity contribution in [1.82, 2.24) is 16.2 Å². The molecular formula is C19H20BrN3O5S. The summed E-state index contributed by atoms with van der Waals surface area (Å²) in [6, 6.07) is 8.14. The van der Waals surface area contributed by atoms with Crippen molar-refractivity contribution in [3.63, 3.8) is 0 Å². The van der Waals surface area contributed by atoms with Gasteiger partial charge in [-0.15, -0.1) is 0 Å². The summed E-state index contributed by atoms with van der Waals surface area (Å²) in [6.07, 6.45) is 0. The fourth-order valence-corrected chi connectivity index (χ4v) is 2.86. The summed E-state index contributed by atoms with van der Waals surface area (Å²) in [5.41, 5.74) is 6.55. The van der Waals surface area contributed by atoms with Gasteiger partial charge < -0.3 is 14.2 Å². The Labute approximate surface area is 182 Å². The van der Waals surface area contributed by atoms with Crippen molar-refractivity contribution in [2.75, 3.05) is 21.3 Å². The van der Waals surface area contributed by atoms with Gasteiger partial charge in [0, 0.05) is 15.6 Å². The second-order valence-corrected chi connectivity index (χ2v) is 7.00. The number of halogens is 1. The third-order valence-electron chi connectivity index (χ3n) is 3.88. The zero-order valence-electron chi connectivity index (χ0n) is 16.2. The summed E-state index contributed by atoms with van der Waals surface area (Å²) >= 11 is 8.43. The molecule has 0 unspecified atom stereocenters. The average Bonchev–Trinajstić information content (AvgIpc) is 2.72. The second kappa shape index (κ2) is 10.1. The number of carbonyl (C=O) groups excluding carboxylic acids is 2. The molecule has 2 amide bonds. The highest BCUT2D eigenvalue weighted by Gasteiger charge is 2.17. The van der Waals surface area contributed by atoms with Crippen LogP contribution in [0.25, 0.3) is 0 Å². The standard InChI is InChI=1S/C19H20BrN3O5S/c1-10-5-6-11(7-13(10)20)17(24)21-19(29)23-22-18(25)12-8-14(26-2)16(28-4)15(9-12)27-3/h5-9H,1-4H3,(H,22,25)(H2,21,23,24,29). The molecular weight excluding hydrogens is 462 g/mol. The van der Waals surface area contributed by atoms with Crippen LogP contribution in [0, 0.1) is 6.92 Å². The van der Waals surface area contributed by atoms with E-state index in [2.05, 4.69) is 32.1 Å². The van der Waals surface area contributed by atoms with E-state index in [1.807, 2.05) is 13.0 Å². The maximum atomic E-state index is 12.4. The van der Waals surface area contributed by atoms with Crippen LogP contribution in [0.5, 0.6) is 17.2 Å². The summed E-state index contributed by atoms with van der Waals surface area (Å²) in [5.74, 6) is 0.103. The molecule has 0 radical (unpaired) electrons. The molecule has 3 N–H and O–H groups in total. The smallest absolute Gasteiger partial charge is 0.269 e. The molecule has 0 aliphatic carbocycles. The van der Waals surface area contributed by atoms with E-state index in [1.165, 1.54) is 33.5 Å². The lowest BCUT2D eigenvalue weighted by Crippen LogP contribution is -2.48. The summed E-state index contributed by atoms with van der Waals surface area (Å²) in [4.78, 5) is 24.7. The average molecular weight is 482 g/mol. The molecule has 29 heavy (non-hydrogen) atoms. The predicted octanol–water partition coefficient (Wildman–Crippen LogP) is 2.73. The van der Waals surface area contributed by atoms with E-state index in [1.54, 1.807) is 12.1 Å². The monoisotopic (exact) mass is 481 g/mol. The van der Waals surface area contributed by atoms with Gasteiger partial charge in [-0.2, -0.15) is 0 Å². The fourth-order valence-electron chi connectivity index (χ4n) is 2.34. The van der Waals surface area contributed by atoms with Crippen LogP contribution in [0.15, 0.2) is 34.8 Å². The van der Waals surface area contributed by atoms with Crippen molar-refractivity contribution in [2.24, 2.45) is 0 Å². The second-order valence-electron chi connectivity index (χ2n) is 5.74. The normalized spacial score (nSPS) is 9.97. The molecule has 0 heterocycles. The zero-order valence-corrected chi connectivity index (χ0v) is 18.6. The molecule has 2 aromatic rings. The summed E-state index contributed by atoms with van der Waals surface area (Å²) in [5, 5.41) is 2.43. The first-order valence-electron chi connectivity index (χ1n) is 8.28. The van der Waals surface area contributed by atoms with Gasteiger partial charge in [0.1, 0.15) is 0 Å². The van der Waals surface area contributed by atoms with Gasteiger partial charge in [-0.3, -0.25) is 25.8 Å². The fraction of sp³-hybridized carbons (Fsp3) is 0.211. The van der Waals surface area contributed by atoms with E-state index >= 15 is 0 Å². The van der Waals surface area contributed by atoms with Crippen molar-refractivity contribution in [2.45, 2.75) is 6.92 Å². The van der Waals surface area contributed by atoms with Gasteiger partial charge >= 0.3 is 0 Å². The first-order chi connectivity index (χ1) is 13.8. The van der Waals surface area contributed by atoms with Crippen LogP contribution >= 0.6 is 28.1 Å². The van der Waals surface area contributed by atoms with Gasteiger partial charge in [0.15, 0.2) is 16.6 Å². The number of methoxy groups -OCH3 is 3. The van der Waals surface area contributed by atoms with Crippen LogP contribution < -0.4 is 30.4 Å². The van der Waals surface area contributed by atoms with Crippen LogP contribution in [0.2, 0.25) is 0 Å². The largest absolute Gasteiger partial charge is 0.493 e. The minimum atomic E-state index is -0.515. The number of amides is 2. The molecule has 0 saturated carbocycles. The van der Waals surface area contributed by atoms with Gasteiger partial charge in [-0.25, -0.2) is 0 Å². The van der Waals surface area contributed by atoms with Crippen molar-refractivity contribution in [3.8, 4) is 17.2 Å². The number of hydrogen-bond acceptors (Lipinski definition) is 6. The highest BCUT2D eigenvalue weighted by molar-refractivity contribution is 9.10. The van der Waals surface area contributed by atoms with E-state index in [0.29, 0.717) is 22.8 Å². The quantitative estimate of drug-likeness (QED) is 0.446. The SMILES string of the molecule is COc1cc(C(=O)NNC(=S)NC(=O)c2ccc(C)c(Br)c2)cc(OC)c1OC. The Hall–Kier alpha value is -2.85. The number of nitrogens with one attached hydrogen (secondary N) is 3. The van der Waals surface area contributed by atoms with Crippen molar-refractivity contribution >= 4 is 45.1 Å². The molecule has 154 valence electrons. The molecule has 2 rings (SSSR count). The number of ether oxygens (including phenoxy) is 3. The number of aryl methyl sites for hydroxylation is 1. The lowest BCUT2D eigenvalue weighted by molar-refractivity contribution is 0.0934. The van der Waals surface area contributed by atoms with Gasteiger partial charge in [-0.05, 0) is 49.0 Å². The molecule has 0 fully saturated rings. The van der Waals surface area contributed by atoms with Gasteiger partial charge in [0.05, 0.1) is 21.3 Å². The minimum Gasteiger partial charge on any atom is -0.493 e. The van der Waals surface area contributed by atoms with Crippen LogP contribution in [0.1, 0.15) is 26.3 Å². The van der Waals surface area contributed by atoms with Crippen LogP contribution in [-0.4, -0.2) is 38.3 Å². The molecule has 0 aliphatic heterocycles. The maximum Gasteiger partial charge on any atom is 0.269 e. The van der Waals surface area contributed by atoms with Crippen molar-refractivity contribution < 1.29 is 23.8 Å². The number of hydrogen-bond donors (Lipinski definition) is 3. The molecule has 0 atom stereocenters. The highest BCUT2D eigenvalue weighted by Crippen LogP contribution is 2.38. The van der Waals surface area contributed by atoms with Crippen molar-refractivity contribution in [3.05, 3.63) is 51.5 Å². The predicted molar refractivity (Wildman–Crippen MR) is 116 cm³/mol. The lowest BCUT2D eigenvalue weighted by Gasteiger charge is -2.15. The van der Waals surface area contributed by atoms with Gasteiger partial charge in [-0.1, -0.05) is 22.0 Å². The summed E-state index contributed by atoms with van der Waals surface area (Å²) in [7, 11) is 4.37. The van der Waals surface area contributed by atoms with E-state index < -0.39 is 11.8 Å². The Morgan fingerprint density at radius 1 is 0.897 bits per heavy atom. The minimum absolute atomic E-state index is 0.0625. The molecule has 0 aromatic heterocycles. The Morgan fingerprint density at radius 3 is 2.03 bits per heavy atom. The number of benzene rings is 2. The third kappa shape index (κ3) is 5.58. The van der Waals surface area contributed by atoms with Gasteiger partial charge in [0.25, 0.3) is 11.8 Å². The maximum absolute atomic E-state index is 12.4. The Balaban J connectivity index is 2.02. The summed E-state index contributed by atoms with van der Waals surface area (Å²) < 4.78 is 16.5. The molecule has 0 bridgehead atoms. The van der Waals surface area contributed by atoms with Crippen LogP contribution in [0.3, 0.4) is 0 Å². The number of hydrazine groups is 1.